The zero-order valence-electron chi connectivity index (χ0n) is 16.1. The molecule has 0 saturated heterocycles. The maximum absolute atomic E-state index is 10.3. The van der Waals surface area contributed by atoms with Crippen molar-refractivity contribution < 1.29 is 14.6 Å². The SMILES string of the molecule is CC(C)[C@@H]1CC[C@@H](C)C[C@H]1OCO/C=C\[C@H](C)[C@H](O)c1ccccc1. The third kappa shape index (κ3) is 6.16. The van der Waals surface area contributed by atoms with Crippen LogP contribution in [0, 0.1) is 23.7 Å². The van der Waals surface area contributed by atoms with Crippen molar-refractivity contribution in [3.63, 3.8) is 0 Å². The van der Waals surface area contributed by atoms with Crippen molar-refractivity contribution in [1.29, 1.82) is 0 Å². The molecule has 2 rings (SSSR count). The fourth-order valence-corrected chi connectivity index (χ4v) is 3.71. The van der Waals surface area contributed by atoms with Crippen molar-refractivity contribution in [2.45, 2.75) is 59.2 Å². The second kappa shape index (κ2) is 9.98. The van der Waals surface area contributed by atoms with Crippen LogP contribution in [0.1, 0.15) is 58.6 Å². The third-order valence-corrected chi connectivity index (χ3v) is 5.43. The van der Waals surface area contributed by atoms with Crippen LogP contribution in [0.15, 0.2) is 42.7 Å². The second-order valence-corrected chi connectivity index (χ2v) is 7.86. The van der Waals surface area contributed by atoms with E-state index in [0.29, 0.717) is 17.9 Å². The monoisotopic (exact) mass is 346 g/mol. The van der Waals surface area contributed by atoms with Crippen molar-refractivity contribution in [3.8, 4) is 0 Å². The molecule has 1 aromatic rings. The molecular formula is C22H34O3. The Bertz CT molecular complexity index is 511. The highest BCUT2D eigenvalue weighted by Crippen LogP contribution is 2.35. The van der Waals surface area contributed by atoms with Gasteiger partial charge >= 0.3 is 0 Å². The third-order valence-electron chi connectivity index (χ3n) is 5.43. The molecule has 3 nitrogen and oxygen atoms in total. The number of aliphatic hydroxyl groups is 1. The summed E-state index contributed by atoms with van der Waals surface area (Å²) in [5.41, 5.74) is 0.923. The van der Waals surface area contributed by atoms with E-state index in [1.807, 2.05) is 43.3 Å². The molecular weight excluding hydrogens is 312 g/mol. The lowest BCUT2D eigenvalue weighted by molar-refractivity contribution is -0.106. The van der Waals surface area contributed by atoms with E-state index < -0.39 is 6.10 Å². The van der Waals surface area contributed by atoms with E-state index in [1.54, 1.807) is 6.26 Å². The van der Waals surface area contributed by atoms with Gasteiger partial charge in [0, 0.05) is 5.92 Å². The van der Waals surface area contributed by atoms with Crippen LogP contribution in [-0.4, -0.2) is 18.0 Å². The fourth-order valence-electron chi connectivity index (χ4n) is 3.71. The van der Waals surface area contributed by atoms with E-state index in [-0.39, 0.29) is 12.7 Å². The zero-order chi connectivity index (χ0) is 18.2. The van der Waals surface area contributed by atoms with E-state index in [4.69, 9.17) is 9.47 Å². The molecule has 140 valence electrons. The highest BCUT2D eigenvalue weighted by atomic mass is 16.7. The molecule has 25 heavy (non-hydrogen) atoms. The summed E-state index contributed by atoms with van der Waals surface area (Å²) in [7, 11) is 0. The standard InChI is InChI=1S/C22H34O3/c1-16(2)20-11-10-17(3)14-21(20)25-15-24-13-12-18(4)22(23)19-8-6-5-7-9-19/h5-9,12-13,16-18,20-23H,10-11,14-15H2,1-4H3/b13-12-/t17-,18+,20+,21-,22+/m1/s1. The van der Waals surface area contributed by atoms with Crippen LogP contribution < -0.4 is 0 Å². The summed E-state index contributed by atoms with van der Waals surface area (Å²) >= 11 is 0. The smallest absolute Gasteiger partial charge is 0.188 e. The Labute approximate surface area is 153 Å². The van der Waals surface area contributed by atoms with Gasteiger partial charge in [-0.05, 0) is 42.2 Å². The van der Waals surface area contributed by atoms with Crippen LogP contribution in [0.4, 0.5) is 0 Å². The number of rotatable bonds is 8. The average Bonchev–Trinajstić information content (AvgIpc) is 2.61. The summed E-state index contributed by atoms with van der Waals surface area (Å²) in [6.45, 7) is 9.14. The van der Waals surface area contributed by atoms with Gasteiger partial charge in [-0.3, -0.25) is 0 Å². The van der Waals surface area contributed by atoms with Crippen LogP contribution >= 0.6 is 0 Å². The largest absolute Gasteiger partial charge is 0.475 e. The van der Waals surface area contributed by atoms with Crippen LogP contribution in [0.5, 0.6) is 0 Å². The molecule has 1 aromatic carbocycles. The van der Waals surface area contributed by atoms with E-state index in [0.717, 1.165) is 17.9 Å². The van der Waals surface area contributed by atoms with Gasteiger partial charge in [-0.1, -0.05) is 64.4 Å². The summed E-state index contributed by atoms with van der Waals surface area (Å²) < 4.78 is 11.6. The predicted molar refractivity (Wildman–Crippen MR) is 102 cm³/mol. The van der Waals surface area contributed by atoms with Gasteiger partial charge in [0.2, 0.25) is 0 Å². The minimum absolute atomic E-state index is 0.0134. The maximum atomic E-state index is 10.3. The minimum atomic E-state index is -0.522. The van der Waals surface area contributed by atoms with E-state index in [9.17, 15) is 5.11 Å². The van der Waals surface area contributed by atoms with Gasteiger partial charge in [-0.25, -0.2) is 0 Å². The van der Waals surface area contributed by atoms with Gasteiger partial charge in [0.25, 0.3) is 0 Å². The van der Waals surface area contributed by atoms with Gasteiger partial charge in [0.15, 0.2) is 6.79 Å². The number of aliphatic hydroxyl groups excluding tert-OH is 1. The van der Waals surface area contributed by atoms with Crippen LogP contribution in [0.3, 0.4) is 0 Å². The van der Waals surface area contributed by atoms with Gasteiger partial charge in [-0.2, -0.15) is 0 Å². The first-order valence-corrected chi connectivity index (χ1v) is 9.62. The van der Waals surface area contributed by atoms with Crippen molar-refractivity contribution in [1.82, 2.24) is 0 Å². The summed E-state index contributed by atoms with van der Waals surface area (Å²) in [6.07, 6.45) is 7.01. The van der Waals surface area contributed by atoms with Crippen LogP contribution in [0.25, 0.3) is 0 Å². The predicted octanol–water partition coefficient (Wildman–Crippen LogP) is 5.32. The molecule has 1 aliphatic carbocycles. The van der Waals surface area contributed by atoms with Crippen molar-refractivity contribution in [2.75, 3.05) is 6.79 Å². The summed E-state index contributed by atoms with van der Waals surface area (Å²) in [6, 6.07) is 9.71. The normalized spacial score (nSPS) is 26.7. The van der Waals surface area contributed by atoms with Gasteiger partial charge < -0.3 is 14.6 Å². The molecule has 5 atom stereocenters. The molecule has 1 aliphatic rings. The molecule has 0 unspecified atom stereocenters. The highest BCUT2D eigenvalue weighted by molar-refractivity contribution is 5.18. The van der Waals surface area contributed by atoms with E-state index in [2.05, 4.69) is 20.8 Å². The van der Waals surface area contributed by atoms with Crippen molar-refractivity contribution in [3.05, 3.63) is 48.2 Å². The molecule has 3 heteroatoms. The molecule has 0 aromatic heterocycles. The van der Waals surface area contributed by atoms with Crippen molar-refractivity contribution in [2.24, 2.45) is 23.7 Å². The molecule has 0 spiro atoms. The molecule has 1 fully saturated rings. The lowest BCUT2D eigenvalue weighted by atomic mass is 9.75. The average molecular weight is 347 g/mol. The molecule has 1 saturated carbocycles. The first-order chi connectivity index (χ1) is 12.0. The molecule has 0 aliphatic heterocycles. The molecule has 0 bridgehead atoms. The lowest BCUT2D eigenvalue weighted by Crippen LogP contribution is -2.34. The van der Waals surface area contributed by atoms with Gasteiger partial charge in [0.1, 0.15) is 0 Å². The topological polar surface area (TPSA) is 38.7 Å². The first-order valence-electron chi connectivity index (χ1n) is 9.62. The number of hydrogen-bond acceptors (Lipinski definition) is 3. The Morgan fingerprint density at radius 1 is 1.16 bits per heavy atom. The Morgan fingerprint density at radius 2 is 1.88 bits per heavy atom. The number of benzene rings is 1. The van der Waals surface area contributed by atoms with E-state index >= 15 is 0 Å². The van der Waals surface area contributed by atoms with Crippen LogP contribution in [0.2, 0.25) is 0 Å². The van der Waals surface area contributed by atoms with Gasteiger partial charge in [0.05, 0.1) is 18.5 Å². The molecule has 1 N–H and O–H groups in total. The molecule has 0 radical (unpaired) electrons. The molecule has 0 heterocycles. The quantitative estimate of drug-likeness (QED) is 0.393. The number of ether oxygens (including phenoxy) is 2. The van der Waals surface area contributed by atoms with Crippen LogP contribution in [-0.2, 0) is 9.47 Å². The molecule has 0 amide bonds. The number of hydrogen-bond donors (Lipinski definition) is 1. The second-order valence-electron chi connectivity index (χ2n) is 7.86. The summed E-state index contributed by atoms with van der Waals surface area (Å²) in [5, 5.41) is 10.3. The van der Waals surface area contributed by atoms with Crippen molar-refractivity contribution >= 4 is 0 Å². The zero-order valence-corrected chi connectivity index (χ0v) is 16.1. The Hall–Kier alpha value is -1.32. The van der Waals surface area contributed by atoms with E-state index in [1.165, 1.54) is 12.8 Å². The first kappa shape index (κ1) is 20.0. The highest BCUT2D eigenvalue weighted by Gasteiger charge is 2.31. The Morgan fingerprint density at radius 3 is 2.56 bits per heavy atom. The minimum Gasteiger partial charge on any atom is -0.475 e. The fraction of sp³-hybridized carbons (Fsp3) is 0.636. The lowest BCUT2D eigenvalue weighted by Gasteiger charge is -2.36. The van der Waals surface area contributed by atoms with Gasteiger partial charge in [-0.15, -0.1) is 0 Å². The summed E-state index contributed by atoms with van der Waals surface area (Å²) in [4.78, 5) is 0. The maximum Gasteiger partial charge on any atom is 0.188 e. The summed E-state index contributed by atoms with van der Waals surface area (Å²) in [5.74, 6) is 1.99. The Kier molecular flexibility index (Phi) is 7.98. The Balaban J connectivity index is 1.75.